The van der Waals surface area contributed by atoms with Crippen molar-refractivity contribution in [1.82, 2.24) is 4.90 Å². The number of hydrogen-bond donors (Lipinski definition) is 1. The molecule has 2 aromatic rings. The number of thioether (sulfide) groups is 1. The zero-order valence-electron chi connectivity index (χ0n) is 16.9. The van der Waals surface area contributed by atoms with Crippen LogP contribution < -0.4 is 10.2 Å². The summed E-state index contributed by atoms with van der Waals surface area (Å²) in [5.74, 6) is -0.223. The fourth-order valence-electron chi connectivity index (χ4n) is 3.25. The van der Waals surface area contributed by atoms with Gasteiger partial charge < -0.3 is 15.1 Å². The maximum atomic E-state index is 12.7. The summed E-state index contributed by atoms with van der Waals surface area (Å²) in [6.07, 6.45) is 0. The number of aryl methyl sites for hydroxylation is 1. The number of fused-ring (bicyclic) bond motifs is 1. The molecular formula is C22H25N3O3S. The number of rotatable bonds is 6. The number of anilines is 2. The van der Waals surface area contributed by atoms with E-state index in [0.717, 1.165) is 16.1 Å². The second-order valence-corrected chi connectivity index (χ2v) is 7.81. The van der Waals surface area contributed by atoms with Crippen LogP contribution in [0.15, 0.2) is 47.4 Å². The van der Waals surface area contributed by atoms with Crippen LogP contribution in [0.4, 0.5) is 11.4 Å². The van der Waals surface area contributed by atoms with Crippen molar-refractivity contribution < 1.29 is 14.4 Å². The molecule has 1 aliphatic heterocycles. The minimum atomic E-state index is -0.272. The predicted octanol–water partition coefficient (Wildman–Crippen LogP) is 3.55. The first kappa shape index (κ1) is 20.9. The van der Waals surface area contributed by atoms with E-state index in [1.165, 1.54) is 16.7 Å². The van der Waals surface area contributed by atoms with Crippen LogP contribution >= 0.6 is 11.8 Å². The van der Waals surface area contributed by atoms with Crippen LogP contribution in [-0.2, 0) is 9.59 Å². The molecule has 29 heavy (non-hydrogen) atoms. The molecule has 0 saturated carbocycles. The molecule has 0 aromatic heterocycles. The molecule has 0 unspecified atom stereocenters. The van der Waals surface area contributed by atoms with Crippen molar-refractivity contribution >= 4 is 40.9 Å². The van der Waals surface area contributed by atoms with Gasteiger partial charge >= 0.3 is 0 Å². The third-order valence-electron chi connectivity index (χ3n) is 4.92. The third kappa shape index (κ3) is 4.62. The summed E-state index contributed by atoms with van der Waals surface area (Å²) in [5.41, 5.74) is 2.81. The van der Waals surface area contributed by atoms with Crippen LogP contribution in [0.2, 0.25) is 0 Å². The van der Waals surface area contributed by atoms with Gasteiger partial charge in [0, 0.05) is 29.2 Å². The number of nitrogens with one attached hydrogen (secondary N) is 1. The molecule has 6 nitrogen and oxygen atoms in total. The monoisotopic (exact) mass is 411 g/mol. The van der Waals surface area contributed by atoms with Gasteiger partial charge in [-0.15, -0.1) is 11.8 Å². The zero-order valence-corrected chi connectivity index (χ0v) is 17.7. The lowest BCUT2D eigenvalue weighted by molar-refractivity contribution is -0.120. The maximum Gasteiger partial charge on any atom is 0.253 e. The number of hydrogen-bond acceptors (Lipinski definition) is 4. The molecule has 1 aliphatic rings. The molecule has 2 aromatic carbocycles. The Labute approximate surface area is 175 Å². The minimum Gasteiger partial charge on any atom is -0.339 e. The van der Waals surface area contributed by atoms with E-state index in [2.05, 4.69) is 5.32 Å². The first-order valence-corrected chi connectivity index (χ1v) is 10.6. The summed E-state index contributed by atoms with van der Waals surface area (Å²) in [4.78, 5) is 42.0. The van der Waals surface area contributed by atoms with Crippen LogP contribution in [0.25, 0.3) is 0 Å². The quantitative estimate of drug-likeness (QED) is 0.789. The van der Waals surface area contributed by atoms with Gasteiger partial charge in [0.1, 0.15) is 6.54 Å². The van der Waals surface area contributed by atoms with Crippen molar-refractivity contribution in [2.75, 3.05) is 35.6 Å². The second kappa shape index (κ2) is 9.13. The second-order valence-electron chi connectivity index (χ2n) is 6.79. The third-order valence-corrected chi connectivity index (χ3v) is 5.97. The normalized spacial score (nSPS) is 13.1. The predicted molar refractivity (Wildman–Crippen MR) is 117 cm³/mol. The summed E-state index contributed by atoms with van der Waals surface area (Å²) < 4.78 is 0. The van der Waals surface area contributed by atoms with Crippen molar-refractivity contribution in [3.63, 3.8) is 0 Å². The number of carbonyl (C=O) groups is 3. The molecular weight excluding hydrogens is 386 g/mol. The van der Waals surface area contributed by atoms with Crippen molar-refractivity contribution in [3.05, 3.63) is 53.6 Å². The molecule has 0 spiro atoms. The lowest BCUT2D eigenvalue weighted by Gasteiger charge is -2.29. The van der Waals surface area contributed by atoms with Gasteiger partial charge in [-0.05, 0) is 50.6 Å². The first-order chi connectivity index (χ1) is 13.9. The van der Waals surface area contributed by atoms with Crippen molar-refractivity contribution in [2.45, 2.75) is 25.7 Å². The van der Waals surface area contributed by atoms with Gasteiger partial charge in [-0.1, -0.05) is 18.2 Å². The van der Waals surface area contributed by atoms with E-state index in [-0.39, 0.29) is 30.0 Å². The van der Waals surface area contributed by atoms with Crippen molar-refractivity contribution in [1.29, 1.82) is 0 Å². The van der Waals surface area contributed by atoms with Crippen LogP contribution in [0.5, 0.6) is 0 Å². The fourth-order valence-corrected chi connectivity index (χ4v) is 4.16. The van der Waals surface area contributed by atoms with E-state index in [9.17, 15) is 14.4 Å². The SMILES string of the molecule is CCN(CC)C(=O)c1ccc2c(c1)N(CC(=O)Nc1ccccc1C)C(=O)CS2. The maximum absolute atomic E-state index is 12.7. The average molecular weight is 412 g/mol. The highest BCUT2D eigenvalue weighted by Crippen LogP contribution is 2.36. The molecule has 0 saturated heterocycles. The Hall–Kier alpha value is -2.80. The smallest absolute Gasteiger partial charge is 0.253 e. The number of nitrogens with zero attached hydrogens (tertiary/aromatic N) is 2. The molecule has 1 N–H and O–H groups in total. The first-order valence-electron chi connectivity index (χ1n) is 9.66. The average Bonchev–Trinajstić information content (AvgIpc) is 2.72. The molecule has 3 amide bonds. The summed E-state index contributed by atoms with van der Waals surface area (Å²) in [7, 11) is 0. The molecule has 7 heteroatoms. The van der Waals surface area contributed by atoms with Gasteiger partial charge in [-0.3, -0.25) is 14.4 Å². The van der Waals surface area contributed by atoms with Crippen LogP contribution in [0.1, 0.15) is 29.8 Å². The van der Waals surface area contributed by atoms with Gasteiger partial charge in [0.05, 0.1) is 11.4 Å². The Kier molecular flexibility index (Phi) is 6.59. The molecule has 0 radical (unpaired) electrons. The molecule has 0 fully saturated rings. The van der Waals surface area contributed by atoms with Crippen molar-refractivity contribution in [2.24, 2.45) is 0 Å². The van der Waals surface area contributed by atoms with E-state index >= 15 is 0 Å². The van der Waals surface area contributed by atoms with Gasteiger partial charge in [0.15, 0.2) is 0 Å². The number of amides is 3. The topological polar surface area (TPSA) is 69.7 Å². The van der Waals surface area contributed by atoms with Crippen molar-refractivity contribution in [3.8, 4) is 0 Å². The highest BCUT2D eigenvalue weighted by Gasteiger charge is 2.28. The van der Waals surface area contributed by atoms with Crippen LogP contribution in [0, 0.1) is 6.92 Å². The van der Waals surface area contributed by atoms with E-state index in [4.69, 9.17) is 0 Å². The lowest BCUT2D eigenvalue weighted by atomic mass is 10.1. The highest BCUT2D eigenvalue weighted by atomic mass is 32.2. The molecule has 3 rings (SSSR count). The summed E-state index contributed by atoms with van der Waals surface area (Å²) in [5, 5.41) is 2.87. The van der Waals surface area contributed by atoms with Gasteiger partial charge in [0.25, 0.3) is 5.91 Å². The Bertz CT molecular complexity index is 941. The van der Waals surface area contributed by atoms with E-state index in [0.29, 0.717) is 24.3 Å². The summed E-state index contributed by atoms with van der Waals surface area (Å²) in [6, 6.07) is 12.9. The molecule has 0 bridgehead atoms. The van der Waals surface area contributed by atoms with E-state index < -0.39 is 0 Å². The highest BCUT2D eigenvalue weighted by molar-refractivity contribution is 8.00. The Morgan fingerprint density at radius 2 is 1.86 bits per heavy atom. The molecule has 152 valence electrons. The largest absolute Gasteiger partial charge is 0.339 e. The van der Waals surface area contributed by atoms with Gasteiger partial charge in [-0.25, -0.2) is 0 Å². The van der Waals surface area contributed by atoms with Crippen LogP contribution in [-0.4, -0.2) is 48.0 Å². The zero-order chi connectivity index (χ0) is 21.0. The fraction of sp³-hybridized carbons (Fsp3) is 0.318. The lowest BCUT2D eigenvalue weighted by Crippen LogP contribution is -2.41. The number of carbonyl (C=O) groups excluding carboxylic acids is 3. The van der Waals surface area contributed by atoms with Gasteiger partial charge in [0.2, 0.25) is 11.8 Å². The van der Waals surface area contributed by atoms with E-state index in [1.54, 1.807) is 17.0 Å². The number of benzene rings is 2. The Morgan fingerprint density at radius 3 is 2.55 bits per heavy atom. The summed E-state index contributed by atoms with van der Waals surface area (Å²) in [6.45, 7) is 6.91. The Morgan fingerprint density at radius 1 is 1.14 bits per heavy atom. The minimum absolute atomic E-state index is 0.0786. The van der Waals surface area contributed by atoms with E-state index in [1.807, 2.05) is 51.1 Å². The summed E-state index contributed by atoms with van der Waals surface area (Å²) >= 11 is 1.43. The number of para-hydroxylation sites is 1. The van der Waals surface area contributed by atoms with Gasteiger partial charge in [-0.2, -0.15) is 0 Å². The molecule has 0 atom stereocenters. The molecule has 0 aliphatic carbocycles. The Balaban J connectivity index is 1.84. The standard InChI is InChI=1S/C22H25N3O3S/c1-4-24(5-2)22(28)16-10-11-19-18(12-16)25(21(27)14-29-19)13-20(26)23-17-9-7-6-8-15(17)3/h6-12H,4-5,13-14H2,1-3H3,(H,23,26). The van der Waals surface area contributed by atoms with Crippen LogP contribution in [0.3, 0.4) is 0 Å². The molecule has 1 heterocycles.